The van der Waals surface area contributed by atoms with Gasteiger partial charge >= 0.3 is 0 Å². The molecular formula is C14H30N2O2. The number of hydrogen-bond donors (Lipinski definition) is 1. The molecule has 3 unspecified atom stereocenters. The summed E-state index contributed by atoms with van der Waals surface area (Å²) in [6, 6.07) is 1.18. The maximum atomic E-state index is 6.36. The molecule has 0 bridgehead atoms. The minimum atomic E-state index is 0.295. The summed E-state index contributed by atoms with van der Waals surface area (Å²) in [5.41, 5.74) is 6.36. The molecule has 4 heteroatoms. The largest absolute Gasteiger partial charge is 0.383 e. The normalized spacial score (nSPS) is 27.2. The van der Waals surface area contributed by atoms with Crippen LogP contribution in [0.5, 0.6) is 0 Å². The smallest absolute Gasteiger partial charge is 0.0615 e. The molecule has 0 aromatic heterocycles. The third-order valence-electron chi connectivity index (χ3n) is 3.99. The first-order valence-corrected chi connectivity index (χ1v) is 7.20. The van der Waals surface area contributed by atoms with Crippen LogP contribution in [0.2, 0.25) is 0 Å². The van der Waals surface area contributed by atoms with Gasteiger partial charge < -0.3 is 15.2 Å². The van der Waals surface area contributed by atoms with Gasteiger partial charge in [-0.2, -0.15) is 0 Å². The van der Waals surface area contributed by atoms with Crippen LogP contribution in [0, 0.1) is 0 Å². The minimum absolute atomic E-state index is 0.295. The summed E-state index contributed by atoms with van der Waals surface area (Å²) in [4.78, 5) is 2.49. The van der Waals surface area contributed by atoms with Crippen LogP contribution in [0.1, 0.15) is 39.0 Å². The zero-order valence-corrected chi connectivity index (χ0v) is 12.2. The monoisotopic (exact) mass is 258 g/mol. The average molecular weight is 258 g/mol. The second kappa shape index (κ2) is 8.86. The first-order valence-electron chi connectivity index (χ1n) is 7.20. The Labute approximate surface area is 112 Å². The SMILES string of the molecule is COCCN(C(C)COC)C1CCCCCC1N. The predicted molar refractivity (Wildman–Crippen MR) is 74.8 cm³/mol. The molecule has 1 aliphatic carbocycles. The first kappa shape index (κ1) is 15.9. The van der Waals surface area contributed by atoms with E-state index in [9.17, 15) is 0 Å². The van der Waals surface area contributed by atoms with Gasteiger partial charge in [-0.05, 0) is 19.8 Å². The second-order valence-corrected chi connectivity index (χ2v) is 5.40. The Morgan fingerprint density at radius 3 is 2.56 bits per heavy atom. The van der Waals surface area contributed by atoms with Crippen LogP contribution in [-0.4, -0.2) is 57.0 Å². The Bertz CT molecular complexity index is 214. The van der Waals surface area contributed by atoms with Gasteiger partial charge in [-0.1, -0.05) is 19.3 Å². The van der Waals surface area contributed by atoms with Crippen molar-refractivity contribution in [3.8, 4) is 0 Å². The summed E-state index contributed by atoms with van der Waals surface area (Å²) in [7, 11) is 3.52. The standard InChI is InChI=1S/C14H30N2O2/c1-12(11-18-3)16(9-10-17-2)14-8-6-4-5-7-13(14)15/h12-14H,4-11,15H2,1-3H3. The molecule has 108 valence electrons. The summed E-state index contributed by atoms with van der Waals surface area (Å²) in [5, 5.41) is 0. The number of ether oxygens (including phenoxy) is 2. The van der Waals surface area contributed by atoms with Crippen molar-refractivity contribution in [3.63, 3.8) is 0 Å². The van der Waals surface area contributed by atoms with E-state index in [1.54, 1.807) is 14.2 Å². The van der Waals surface area contributed by atoms with Crippen molar-refractivity contribution in [1.29, 1.82) is 0 Å². The summed E-state index contributed by atoms with van der Waals surface area (Å²) < 4.78 is 10.5. The molecule has 1 saturated carbocycles. The third kappa shape index (κ3) is 4.84. The first-order chi connectivity index (χ1) is 8.70. The zero-order valence-electron chi connectivity index (χ0n) is 12.2. The van der Waals surface area contributed by atoms with Gasteiger partial charge in [0.2, 0.25) is 0 Å². The predicted octanol–water partition coefficient (Wildman–Crippen LogP) is 1.63. The molecule has 3 atom stereocenters. The van der Waals surface area contributed by atoms with Crippen molar-refractivity contribution in [3.05, 3.63) is 0 Å². The fraction of sp³-hybridized carbons (Fsp3) is 1.00. The molecule has 0 aliphatic heterocycles. The highest BCUT2D eigenvalue weighted by molar-refractivity contribution is 4.87. The molecule has 2 N–H and O–H groups in total. The van der Waals surface area contributed by atoms with Crippen LogP contribution in [0.25, 0.3) is 0 Å². The molecule has 0 heterocycles. The Morgan fingerprint density at radius 1 is 1.17 bits per heavy atom. The van der Waals surface area contributed by atoms with Gasteiger partial charge in [-0.25, -0.2) is 0 Å². The molecule has 0 amide bonds. The zero-order chi connectivity index (χ0) is 13.4. The number of hydrogen-bond acceptors (Lipinski definition) is 4. The van der Waals surface area contributed by atoms with Crippen molar-refractivity contribution in [2.45, 2.75) is 57.2 Å². The maximum absolute atomic E-state index is 6.36. The van der Waals surface area contributed by atoms with E-state index >= 15 is 0 Å². The molecule has 18 heavy (non-hydrogen) atoms. The summed E-state index contributed by atoms with van der Waals surface area (Å²) >= 11 is 0. The summed E-state index contributed by atoms with van der Waals surface area (Å²) in [6.45, 7) is 4.68. The van der Waals surface area contributed by atoms with Crippen LogP contribution in [0.4, 0.5) is 0 Å². The van der Waals surface area contributed by atoms with Gasteiger partial charge in [-0.3, -0.25) is 4.90 Å². The van der Waals surface area contributed by atoms with Gasteiger partial charge in [0, 0.05) is 38.9 Å². The van der Waals surface area contributed by atoms with Crippen LogP contribution in [0.3, 0.4) is 0 Å². The van der Waals surface area contributed by atoms with Crippen molar-refractivity contribution in [2.24, 2.45) is 5.73 Å². The van der Waals surface area contributed by atoms with Crippen molar-refractivity contribution in [1.82, 2.24) is 4.90 Å². The molecule has 1 aliphatic rings. The fourth-order valence-electron chi connectivity index (χ4n) is 2.98. The number of methoxy groups -OCH3 is 2. The van der Waals surface area contributed by atoms with E-state index in [2.05, 4.69) is 11.8 Å². The molecule has 0 aromatic carbocycles. The van der Waals surface area contributed by atoms with E-state index in [4.69, 9.17) is 15.2 Å². The van der Waals surface area contributed by atoms with Crippen LogP contribution in [0.15, 0.2) is 0 Å². The highest BCUT2D eigenvalue weighted by Gasteiger charge is 2.29. The lowest BCUT2D eigenvalue weighted by Crippen LogP contribution is -2.53. The minimum Gasteiger partial charge on any atom is -0.383 e. The van der Waals surface area contributed by atoms with Gasteiger partial charge in [0.15, 0.2) is 0 Å². The average Bonchev–Trinajstić information content (AvgIpc) is 2.56. The van der Waals surface area contributed by atoms with Gasteiger partial charge in [-0.15, -0.1) is 0 Å². The van der Waals surface area contributed by atoms with Crippen LogP contribution < -0.4 is 5.73 Å². The van der Waals surface area contributed by atoms with Crippen LogP contribution in [-0.2, 0) is 9.47 Å². The molecule has 0 spiro atoms. The van der Waals surface area contributed by atoms with E-state index in [1.807, 2.05) is 0 Å². The van der Waals surface area contributed by atoms with E-state index in [0.717, 1.165) is 26.2 Å². The fourth-order valence-corrected chi connectivity index (χ4v) is 2.98. The van der Waals surface area contributed by atoms with Crippen molar-refractivity contribution in [2.75, 3.05) is 34.0 Å². The lowest BCUT2D eigenvalue weighted by atomic mass is 10.0. The molecule has 4 nitrogen and oxygen atoms in total. The molecule has 1 fully saturated rings. The molecular weight excluding hydrogens is 228 g/mol. The number of nitrogens with two attached hydrogens (primary N) is 1. The van der Waals surface area contributed by atoms with Gasteiger partial charge in [0.25, 0.3) is 0 Å². The Kier molecular flexibility index (Phi) is 7.82. The quantitative estimate of drug-likeness (QED) is 0.705. The van der Waals surface area contributed by atoms with E-state index in [0.29, 0.717) is 18.1 Å². The van der Waals surface area contributed by atoms with Crippen LogP contribution >= 0.6 is 0 Å². The Morgan fingerprint density at radius 2 is 1.89 bits per heavy atom. The summed E-state index contributed by atoms with van der Waals surface area (Å²) in [5.74, 6) is 0. The molecule has 0 aromatic rings. The van der Waals surface area contributed by atoms with Gasteiger partial charge in [0.1, 0.15) is 0 Å². The number of nitrogens with zero attached hydrogens (tertiary/aromatic N) is 1. The van der Waals surface area contributed by atoms with Crippen molar-refractivity contribution < 1.29 is 9.47 Å². The van der Waals surface area contributed by atoms with Crippen molar-refractivity contribution >= 4 is 0 Å². The molecule has 0 saturated heterocycles. The second-order valence-electron chi connectivity index (χ2n) is 5.40. The highest BCUT2D eigenvalue weighted by atomic mass is 16.5. The number of rotatable bonds is 7. The third-order valence-corrected chi connectivity index (χ3v) is 3.99. The Hall–Kier alpha value is -0.160. The Balaban J connectivity index is 2.65. The van der Waals surface area contributed by atoms with E-state index < -0.39 is 0 Å². The molecule has 1 rings (SSSR count). The lowest BCUT2D eigenvalue weighted by Gasteiger charge is -2.38. The van der Waals surface area contributed by atoms with E-state index in [1.165, 1.54) is 25.7 Å². The topological polar surface area (TPSA) is 47.7 Å². The summed E-state index contributed by atoms with van der Waals surface area (Å²) in [6.07, 6.45) is 6.24. The van der Waals surface area contributed by atoms with E-state index in [-0.39, 0.29) is 0 Å². The molecule has 0 radical (unpaired) electrons. The highest BCUT2D eigenvalue weighted by Crippen LogP contribution is 2.23. The maximum Gasteiger partial charge on any atom is 0.0615 e. The van der Waals surface area contributed by atoms with Gasteiger partial charge in [0.05, 0.1) is 13.2 Å². The lowest BCUT2D eigenvalue weighted by molar-refractivity contribution is 0.0367.